The Kier molecular flexibility index (Phi) is 3.88. The van der Waals surface area contributed by atoms with Gasteiger partial charge in [0.2, 0.25) is 10.0 Å². The van der Waals surface area contributed by atoms with Crippen molar-refractivity contribution in [2.24, 2.45) is 0 Å². The van der Waals surface area contributed by atoms with Gasteiger partial charge in [-0.2, -0.15) is 4.31 Å². The normalized spacial score (nSPS) is 21.2. The Bertz CT molecular complexity index is 585. The molecule has 0 radical (unpaired) electrons. The van der Waals surface area contributed by atoms with Gasteiger partial charge in [-0.1, -0.05) is 6.07 Å². The van der Waals surface area contributed by atoms with E-state index in [-0.39, 0.29) is 16.5 Å². The first kappa shape index (κ1) is 14.0. The average molecular weight is 284 g/mol. The Hall–Kier alpha value is -1.44. The molecule has 1 aliphatic heterocycles. The summed E-state index contributed by atoms with van der Waals surface area (Å²) in [5.74, 6) is -1.13. The molecule has 19 heavy (non-hydrogen) atoms. The van der Waals surface area contributed by atoms with E-state index in [2.05, 4.69) is 5.32 Å². The lowest BCUT2D eigenvalue weighted by molar-refractivity contribution is 0.0696. The fraction of sp³-hybridized carbons (Fsp3) is 0.417. The van der Waals surface area contributed by atoms with Crippen LogP contribution in [0.1, 0.15) is 17.3 Å². The van der Waals surface area contributed by atoms with Crippen molar-refractivity contribution < 1.29 is 18.3 Å². The number of nitrogens with one attached hydrogen (secondary N) is 1. The Morgan fingerprint density at radius 1 is 1.47 bits per heavy atom. The number of aromatic carboxylic acids is 1. The van der Waals surface area contributed by atoms with Gasteiger partial charge >= 0.3 is 5.97 Å². The Balaban J connectivity index is 2.38. The van der Waals surface area contributed by atoms with Crippen molar-refractivity contribution in [3.8, 4) is 0 Å². The van der Waals surface area contributed by atoms with Crippen LogP contribution in [0.2, 0.25) is 0 Å². The van der Waals surface area contributed by atoms with Crippen LogP contribution in [0.4, 0.5) is 0 Å². The van der Waals surface area contributed by atoms with E-state index in [1.54, 1.807) is 0 Å². The van der Waals surface area contributed by atoms with Gasteiger partial charge < -0.3 is 10.4 Å². The largest absolute Gasteiger partial charge is 0.478 e. The van der Waals surface area contributed by atoms with Gasteiger partial charge in [-0.05, 0) is 25.1 Å². The van der Waals surface area contributed by atoms with Gasteiger partial charge in [0.15, 0.2) is 0 Å². The molecular weight excluding hydrogens is 268 g/mol. The lowest BCUT2D eigenvalue weighted by Crippen LogP contribution is -2.52. The topological polar surface area (TPSA) is 86.7 Å². The third-order valence-electron chi connectivity index (χ3n) is 3.13. The van der Waals surface area contributed by atoms with Crippen LogP contribution in [0.25, 0.3) is 0 Å². The van der Waals surface area contributed by atoms with E-state index < -0.39 is 16.0 Å². The second kappa shape index (κ2) is 5.28. The molecule has 2 rings (SSSR count). The molecule has 7 heteroatoms. The van der Waals surface area contributed by atoms with Crippen molar-refractivity contribution >= 4 is 16.0 Å². The lowest BCUT2D eigenvalue weighted by Gasteiger charge is -2.32. The second-order valence-corrected chi connectivity index (χ2v) is 6.39. The van der Waals surface area contributed by atoms with Crippen LogP contribution in [0.5, 0.6) is 0 Å². The van der Waals surface area contributed by atoms with E-state index in [9.17, 15) is 13.2 Å². The molecule has 104 valence electrons. The highest BCUT2D eigenvalue weighted by Gasteiger charge is 2.31. The van der Waals surface area contributed by atoms with Crippen molar-refractivity contribution in [2.75, 3.05) is 19.6 Å². The number of hydrogen-bond acceptors (Lipinski definition) is 4. The van der Waals surface area contributed by atoms with E-state index in [1.807, 2.05) is 6.92 Å². The minimum atomic E-state index is -3.64. The first-order valence-electron chi connectivity index (χ1n) is 5.99. The predicted octanol–water partition coefficient (Wildman–Crippen LogP) is 0.367. The van der Waals surface area contributed by atoms with Gasteiger partial charge in [0.25, 0.3) is 0 Å². The maximum atomic E-state index is 12.5. The van der Waals surface area contributed by atoms with E-state index in [1.165, 1.54) is 28.6 Å². The second-order valence-electron chi connectivity index (χ2n) is 4.50. The first-order valence-corrected chi connectivity index (χ1v) is 7.43. The summed E-state index contributed by atoms with van der Waals surface area (Å²) in [5, 5.41) is 12.0. The number of piperazine rings is 1. The maximum Gasteiger partial charge on any atom is 0.335 e. The van der Waals surface area contributed by atoms with Gasteiger partial charge in [-0.15, -0.1) is 0 Å². The highest BCUT2D eigenvalue weighted by atomic mass is 32.2. The molecule has 1 atom stereocenters. The SMILES string of the molecule is CC1CNCCN1S(=O)(=O)c1cccc(C(=O)O)c1. The van der Waals surface area contributed by atoms with Gasteiger partial charge in [0, 0.05) is 25.7 Å². The molecule has 0 aromatic heterocycles. The molecule has 0 spiro atoms. The van der Waals surface area contributed by atoms with E-state index in [0.29, 0.717) is 19.6 Å². The van der Waals surface area contributed by atoms with Crippen LogP contribution in [-0.4, -0.2) is 49.5 Å². The molecule has 2 N–H and O–H groups in total. The number of carboxylic acids is 1. The van der Waals surface area contributed by atoms with Gasteiger partial charge in [0.05, 0.1) is 10.5 Å². The summed E-state index contributed by atoms with van der Waals surface area (Å²) in [6.07, 6.45) is 0. The summed E-state index contributed by atoms with van der Waals surface area (Å²) in [6.45, 7) is 3.41. The average Bonchev–Trinajstić information content (AvgIpc) is 2.39. The summed E-state index contributed by atoms with van der Waals surface area (Å²) < 4.78 is 26.4. The lowest BCUT2D eigenvalue weighted by atomic mass is 10.2. The van der Waals surface area contributed by atoms with E-state index >= 15 is 0 Å². The van der Waals surface area contributed by atoms with Crippen LogP contribution in [0, 0.1) is 0 Å². The molecule has 0 aliphatic carbocycles. The fourth-order valence-corrected chi connectivity index (χ4v) is 3.78. The van der Waals surface area contributed by atoms with Crippen molar-refractivity contribution in [1.82, 2.24) is 9.62 Å². The van der Waals surface area contributed by atoms with Gasteiger partial charge in [-0.3, -0.25) is 0 Å². The first-order chi connectivity index (χ1) is 8.93. The zero-order chi connectivity index (χ0) is 14.0. The number of benzene rings is 1. The number of rotatable bonds is 3. The summed E-state index contributed by atoms with van der Waals surface area (Å²) in [7, 11) is -3.64. The third-order valence-corrected chi connectivity index (χ3v) is 5.14. The van der Waals surface area contributed by atoms with Gasteiger partial charge in [0.1, 0.15) is 0 Å². The number of nitrogens with zero attached hydrogens (tertiary/aromatic N) is 1. The Labute approximate surface area is 112 Å². The zero-order valence-electron chi connectivity index (χ0n) is 10.5. The van der Waals surface area contributed by atoms with Crippen molar-refractivity contribution in [2.45, 2.75) is 17.9 Å². The number of sulfonamides is 1. The van der Waals surface area contributed by atoms with Crippen LogP contribution in [0.3, 0.4) is 0 Å². The third kappa shape index (κ3) is 2.78. The number of hydrogen-bond donors (Lipinski definition) is 2. The highest BCUT2D eigenvalue weighted by molar-refractivity contribution is 7.89. The predicted molar refractivity (Wildman–Crippen MR) is 69.6 cm³/mol. The summed E-state index contributed by atoms with van der Waals surface area (Å²) >= 11 is 0. The maximum absolute atomic E-state index is 12.5. The molecule has 0 bridgehead atoms. The molecule has 1 aromatic rings. The molecule has 0 amide bonds. The monoisotopic (exact) mass is 284 g/mol. The van der Waals surface area contributed by atoms with Crippen molar-refractivity contribution in [3.63, 3.8) is 0 Å². The van der Waals surface area contributed by atoms with E-state index in [4.69, 9.17) is 5.11 Å². The number of carboxylic acid groups (broad SMARTS) is 1. The van der Waals surface area contributed by atoms with E-state index in [0.717, 1.165) is 0 Å². The van der Waals surface area contributed by atoms with Crippen LogP contribution >= 0.6 is 0 Å². The molecule has 1 aliphatic rings. The molecule has 1 unspecified atom stereocenters. The molecule has 0 saturated carbocycles. The molecule has 1 fully saturated rings. The van der Waals surface area contributed by atoms with Crippen molar-refractivity contribution in [1.29, 1.82) is 0 Å². The van der Waals surface area contributed by atoms with Gasteiger partial charge in [-0.25, -0.2) is 13.2 Å². The summed E-state index contributed by atoms with van der Waals surface area (Å²) in [5.41, 5.74) is -0.0242. The standard InChI is InChI=1S/C12H16N2O4S/c1-9-8-13-5-6-14(9)19(17,18)11-4-2-3-10(7-11)12(15)16/h2-4,7,9,13H,5-6,8H2,1H3,(H,15,16). The molecule has 1 saturated heterocycles. The zero-order valence-corrected chi connectivity index (χ0v) is 11.4. The van der Waals surface area contributed by atoms with Crippen molar-refractivity contribution in [3.05, 3.63) is 29.8 Å². The summed E-state index contributed by atoms with van der Waals surface area (Å²) in [4.78, 5) is 10.9. The molecule has 1 heterocycles. The molecule has 6 nitrogen and oxygen atoms in total. The number of carbonyl (C=O) groups is 1. The summed E-state index contributed by atoms with van der Waals surface area (Å²) in [6, 6.07) is 5.31. The van der Waals surface area contributed by atoms with Crippen LogP contribution in [0.15, 0.2) is 29.2 Å². The smallest absolute Gasteiger partial charge is 0.335 e. The van der Waals surface area contributed by atoms with Crippen LogP contribution < -0.4 is 5.32 Å². The minimum Gasteiger partial charge on any atom is -0.478 e. The quantitative estimate of drug-likeness (QED) is 0.837. The fourth-order valence-electron chi connectivity index (χ4n) is 2.10. The Morgan fingerprint density at radius 2 is 2.21 bits per heavy atom. The highest BCUT2D eigenvalue weighted by Crippen LogP contribution is 2.20. The molecule has 1 aromatic carbocycles. The minimum absolute atomic E-state index is 0.0242. The van der Waals surface area contributed by atoms with Crippen LogP contribution in [-0.2, 0) is 10.0 Å². The Morgan fingerprint density at radius 3 is 2.84 bits per heavy atom. The molecular formula is C12H16N2O4S.